The largest absolute Gasteiger partial charge is 0.433 e. The molecule has 2 N–H and O–H groups in total. The Bertz CT molecular complexity index is 1410. The number of ether oxygens (including phenoxy) is 2. The van der Waals surface area contributed by atoms with Crippen LogP contribution in [0.2, 0.25) is 0 Å². The van der Waals surface area contributed by atoms with Crippen LogP contribution in [-0.4, -0.2) is 36.4 Å². The molecule has 2 aromatic heterocycles. The number of hydrogen-bond donors (Lipinski definition) is 2. The smallest absolute Gasteiger partial charge is 0.416 e. The first-order valence-corrected chi connectivity index (χ1v) is 11.5. The maximum atomic E-state index is 14.9. The number of carbonyl (C=O) groups excluding carboxylic acids is 1. The summed E-state index contributed by atoms with van der Waals surface area (Å²) in [6, 6.07) is 5.08. The van der Waals surface area contributed by atoms with Crippen molar-refractivity contribution in [3.8, 4) is 17.4 Å². The van der Waals surface area contributed by atoms with Crippen molar-refractivity contribution in [2.45, 2.75) is 19.5 Å². The molecule has 0 fully saturated rings. The van der Waals surface area contributed by atoms with E-state index in [9.17, 15) is 26.4 Å². The molecule has 0 radical (unpaired) electrons. The third kappa shape index (κ3) is 4.97. The number of fused-ring (bicyclic) bond motifs is 1. The zero-order valence-electron chi connectivity index (χ0n) is 18.3. The summed E-state index contributed by atoms with van der Waals surface area (Å²) in [6.45, 7) is 1.24. The highest BCUT2D eigenvalue weighted by molar-refractivity contribution is 7.90. The van der Waals surface area contributed by atoms with Gasteiger partial charge in [-0.3, -0.25) is 9.62 Å². The Hall–Kier alpha value is -3.91. The Labute approximate surface area is 197 Å². The monoisotopic (exact) mass is 509 g/mol. The Morgan fingerprint density at radius 2 is 1.91 bits per heavy atom. The number of rotatable bonds is 7. The van der Waals surface area contributed by atoms with Gasteiger partial charge in [-0.05, 0) is 31.2 Å². The second-order valence-corrected chi connectivity index (χ2v) is 8.95. The predicted molar refractivity (Wildman–Crippen MR) is 116 cm³/mol. The van der Waals surface area contributed by atoms with E-state index >= 15 is 0 Å². The fraction of sp³-hybridized carbons (Fsp3) is 0.190. The average Bonchev–Trinajstić information content (AvgIpc) is 2.81. The molecule has 0 saturated carbocycles. The zero-order valence-corrected chi connectivity index (χ0v) is 19.1. The minimum atomic E-state index is -4.03. The molecule has 184 valence electrons. The van der Waals surface area contributed by atoms with Crippen molar-refractivity contribution >= 4 is 22.1 Å². The number of anilines is 1. The molecule has 0 bridgehead atoms. The minimum Gasteiger partial charge on any atom is -0.433 e. The third-order valence-corrected chi connectivity index (χ3v) is 6.15. The quantitative estimate of drug-likeness (QED) is 0.499. The molecule has 10 nitrogen and oxygen atoms in total. The number of amides is 1. The van der Waals surface area contributed by atoms with Gasteiger partial charge in [-0.1, -0.05) is 0 Å². The number of nitrogens with one attached hydrogen (secondary N) is 2. The summed E-state index contributed by atoms with van der Waals surface area (Å²) >= 11 is 0. The van der Waals surface area contributed by atoms with Gasteiger partial charge in [0.15, 0.2) is 29.0 Å². The summed E-state index contributed by atoms with van der Waals surface area (Å²) in [4.78, 5) is 21.2. The molecule has 14 heteroatoms. The van der Waals surface area contributed by atoms with E-state index in [0.717, 1.165) is 30.1 Å². The first-order valence-electron chi connectivity index (χ1n) is 10.0. The lowest BCUT2D eigenvalue weighted by Gasteiger charge is -2.34. The second-order valence-electron chi connectivity index (χ2n) is 7.33. The van der Waals surface area contributed by atoms with Crippen molar-refractivity contribution in [3.05, 3.63) is 71.3 Å². The van der Waals surface area contributed by atoms with E-state index in [-0.39, 0.29) is 23.4 Å². The molecule has 4 rings (SSSR count). The summed E-state index contributed by atoms with van der Waals surface area (Å²) in [7, 11) is -2.90. The standard InChI is InChI=1S/C21H18F3N5O5S/c1-11-13-8-15(23)17(33-20-14(22)4-3-6-27-20)9-16(13)34-21(30)29(11)10-12-5-7-26-19(18(12)24)28-35(31,32)25-2/h3-9,11,25H,10H2,1-2H3,(H,26,28). The Kier molecular flexibility index (Phi) is 6.49. The maximum absolute atomic E-state index is 14.9. The van der Waals surface area contributed by atoms with E-state index in [4.69, 9.17) is 9.47 Å². The molecule has 1 atom stereocenters. The van der Waals surface area contributed by atoms with Crippen LogP contribution in [0.25, 0.3) is 0 Å². The van der Waals surface area contributed by atoms with E-state index in [1.165, 1.54) is 24.5 Å². The number of carbonyl (C=O) groups is 1. The highest BCUT2D eigenvalue weighted by Crippen LogP contribution is 2.40. The summed E-state index contributed by atoms with van der Waals surface area (Å²) < 4.78 is 81.2. The molecule has 3 heterocycles. The maximum Gasteiger partial charge on any atom is 0.416 e. The highest BCUT2D eigenvalue weighted by atomic mass is 32.2. The molecule has 1 aromatic carbocycles. The predicted octanol–water partition coefficient (Wildman–Crippen LogP) is 3.64. The van der Waals surface area contributed by atoms with E-state index in [2.05, 4.69) is 9.97 Å². The normalized spacial score (nSPS) is 15.4. The van der Waals surface area contributed by atoms with Crippen molar-refractivity contribution in [3.63, 3.8) is 0 Å². The van der Waals surface area contributed by atoms with E-state index in [1.54, 1.807) is 6.92 Å². The van der Waals surface area contributed by atoms with Crippen LogP contribution >= 0.6 is 0 Å². The molecule has 0 spiro atoms. The number of benzene rings is 1. The lowest BCUT2D eigenvalue weighted by atomic mass is 10.0. The average molecular weight is 509 g/mol. The van der Waals surface area contributed by atoms with Gasteiger partial charge < -0.3 is 9.47 Å². The van der Waals surface area contributed by atoms with Gasteiger partial charge >= 0.3 is 6.09 Å². The number of aromatic nitrogens is 2. The SMILES string of the molecule is CNS(=O)(=O)Nc1nccc(CN2C(=O)Oc3cc(Oc4ncccc4F)c(F)cc3C2C)c1F. The number of nitrogens with zero attached hydrogens (tertiary/aromatic N) is 3. The van der Waals surface area contributed by atoms with Crippen molar-refractivity contribution in [2.24, 2.45) is 0 Å². The molecule has 1 aliphatic heterocycles. The molecular weight excluding hydrogens is 491 g/mol. The van der Waals surface area contributed by atoms with Crippen LogP contribution < -0.4 is 18.9 Å². The zero-order chi connectivity index (χ0) is 25.3. The minimum absolute atomic E-state index is 0.0239. The first kappa shape index (κ1) is 24.2. The molecule has 0 saturated heterocycles. The van der Waals surface area contributed by atoms with Crippen LogP contribution in [0.3, 0.4) is 0 Å². The molecule has 1 amide bonds. The fourth-order valence-corrected chi connectivity index (χ4v) is 3.81. The van der Waals surface area contributed by atoms with E-state index < -0.39 is 57.2 Å². The summed E-state index contributed by atoms with van der Waals surface area (Å²) in [6.07, 6.45) is 1.56. The van der Waals surface area contributed by atoms with Gasteiger partial charge in [0.2, 0.25) is 0 Å². The third-order valence-electron chi connectivity index (χ3n) is 5.15. The summed E-state index contributed by atoms with van der Waals surface area (Å²) in [5.41, 5.74) is 0.189. The van der Waals surface area contributed by atoms with Gasteiger partial charge in [-0.2, -0.15) is 8.42 Å². The summed E-state index contributed by atoms with van der Waals surface area (Å²) in [5.74, 6) is -4.12. The number of pyridine rings is 2. The van der Waals surface area contributed by atoms with Crippen LogP contribution in [0.4, 0.5) is 23.8 Å². The topological polar surface area (TPSA) is 123 Å². The van der Waals surface area contributed by atoms with Crippen molar-refractivity contribution in [1.29, 1.82) is 0 Å². The van der Waals surface area contributed by atoms with Crippen LogP contribution in [-0.2, 0) is 16.8 Å². The van der Waals surface area contributed by atoms with Crippen molar-refractivity contribution in [2.75, 3.05) is 11.8 Å². The van der Waals surface area contributed by atoms with Crippen molar-refractivity contribution < 1.29 is 35.9 Å². The van der Waals surface area contributed by atoms with E-state index in [0.29, 0.717) is 0 Å². The number of halogens is 3. The first-order chi connectivity index (χ1) is 16.6. The molecule has 1 aliphatic rings. The van der Waals surface area contributed by atoms with Gasteiger partial charge in [0.1, 0.15) is 5.75 Å². The highest BCUT2D eigenvalue weighted by Gasteiger charge is 2.34. The van der Waals surface area contributed by atoms with Gasteiger partial charge in [0, 0.05) is 36.6 Å². The Morgan fingerprint density at radius 3 is 2.63 bits per heavy atom. The van der Waals surface area contributed by atoms with Gasteiger partial charge in [0.25, 0.3) is 16.1 Å². The lowest BCUT2D eigenvalue weighted by Crippen LogP contribution is -2.39. The van der Waals surface area contributed by atoms with Crippen molar-refractivity contribution in [1.82, 2.24) is 19.6 Å². The molecular formula is C21H18F3N5O5S. The molecule has 0 aliphatic carbocycles. The van der Waals surface area contributed by atoms with Crippen LogP contribution in [0, 0.1) is 17.5 Å². The van der Waals surface area contributed by atoms with Crippen LogP contribution in [0.15, 0.2) is 42.7 Å². The second kappa shape index (κ2) is 9.38. The van der Waals surface area contributed by atoms with Gasteiger partial charge in [0.05, 0.1) is 12.6 Å². The van der Waals surface area contributed by atoms with Gasteiger partial charge in [-0.15, -0.1) is 0 Å². The van der Waals surface area contributed by atoms with E-state index in [1.807, 2.05) is 9.44 Å². The van der Waals surface area contributed by atoms with Crippen LogP contribution in [0.5, 0.6) is 17.4 Å². The van der Waals surface area contributed by atoms with Gasteiger partial charge in [-0.25, -0.2) is 32.7 Å². The number of hydrogen-bond acceptors (Lipinski definition) is 7. The fourth-order valence-electron chi connectivity index (χ4n) is 3.31. The Balaban J connectivity index is 1.60. The lowest BCUT2D eigenvalue weighted by molar-refractivity contribution is 0.116. The molecule has 3 aromatic rings. The molecule has 35 heavy (non-hydrogen) atoms. The van der Waals surface area contributed by atoms with Crippen LogP contribution in [0.1, 0.15) is 24.1 Å². The summed E-state index contributed by atoms with van der Waals surface area (Å²) in [5, 5.41) is 0. The Morgan fingerprint density at radius 1 is 1.14 bits per heavy atom. The molecule has 1 unspecified atom stereocenters.